The molecule has 0 bridgehead atoms. The van der Waals surface area contributed by atoms with Gasteiger partial charge in [0.2, 0.25) is 0 Å². The fraction of sp³-hybridized carbons (Fsp3) is 0.312. The predicted molar refractivity (Wildman–Crippen MR) is 84.7 cm³/mol. The van der Waals surface area contributed by atoms with Crippen molar-refractivity contribution in [2.24, 2.45) is 7.05 Å². The number of fused-ring (bicyclic) bond motifs is 1. The minimum Gasteiger partial charge on any atom is -0.457 e. The van der Waals surface area contributed by atoms with Gasteiger partial charge in [0, 0.05) is 12.4 Å². The van der Waals surface area contributed by atoms with E-state index in [-0.39, 0.29) is 6.04 Å². The molecule has 4 nitrogen and oxygen atoms in total. The average Bonchev–Trinajstić information content (AvgIpc) is 3.05. The van der Waals surface area contributed by atoms with Gasteiger partial charge in [-0.05, 0) is 31.7 Å². The van der Waals surface area contributed by atoms with Gasteiger partial charge in [-0.1, -0.05) is 30.7 Å². The van der Waals surface area contributed by atoms with Crippen molar-refractivity contribution in [2.45, 2.75) is 19.4 Å². The van der Waals surface area contributed by atoms with E-state index in [2.05, 4.69) is 23.4 Å². The Morgan fingerprint density at radius 1 is 1.38 bits per heavy atom. The van der Waals surface area contributed by atoms with Crippen molar-refractivity contribution in [3.63, 3.8) is 0 Å². The van der Waals surface area contributed by atoms with E-state index < -0.39 is 0 Å². The molecule has 0 amide bonds. The lowest BCUT2D eigenvalue weighted by atomic mass is 10.1. The third-order valence-electron chi connectivity index (χ3n) is 3.71. The summed E-state index contributed by atoms with van der Waals surface area (Å²) < 4.78 is 7.87. The van der Waals surface area contributed by atoms with E-state index >= 15 is 0 Å². The first-order valence-electron chi connectivity index (χ1n) is 7.02. The summed E-state index contributed by atoms with van der Waals surface area (Å²) in [6.45, 7) is 2.10. The van der Waals surface area contributed by atoms with Crippen LogP contribution in [0.3, 0.4) is 0 Å². The van der Waals surface area contributed by atoms with Crippen LogP contribution in [0.25, 0.3) is 11.0 Å². The standard InChI is InChI=1S/C16H18ClN3O/c1-4-11-9-13(20(3)19-11)15(18-2)14-8-10-6-5-7-12(17)16(10)21-14/h5-9,15,18H,4H2,1-3H3. The molecule has 0 aliphatic heterocycles. The minimum absolute atomic E-state index is 0.0498. The molecule has 1 aromatic carbocycles. The summed E-state index contributed by atoms with van der Waals surface area (Å²) in [6, 6.07) is 9.85. The Kier molecular flexibility index (Phi) is 3.74. The van der Waals surface area contributed by atoms with E-state index in [4.69, 9.17) is 16.0 Å². The highest BCUT2D eigenvalue weighted by Crippen LogP contribution is 2.31. The van der Waals surface area contributed by atoms with E-state index in [1.165, 1.54) is 0 Å². The molecule has 2 aromatic heterocycles. The molecule has 0 spiro atoms. The summed E-state index contributed by atoms with van der Waals surface area (Å²) in [6.07, 6.45) is 0.913. The fourth-order valence-corrected chi connectivity index (χ4v) is 2.83. The molecule has 5 heteroatoms. The maximum absolute atomic E-state index is 6.19. The largest absolute Gasteiger partial charge is 0.457 e. The van der Waals surface area contributed by atoms with Gasteiger partial charge in [0.15, 0.2) is 5.58 Å². The number of aryl methyl sites for hydroxylation is 2. The van der Waals surface area contributed by atoms with E-state index in [0.29, 0.717) is 5.02 Å². The quantitative estimate of drug-likeness (QED) is 0.799. The van der Waals surface area contributed by atoms with Crippen molar-refractivity contribution in [1.82, 2.24) is 15.1 Å². The lowest BCUT2D eigenvalue weighted by Crippen LogP contribution is -2.20. The maximum Gasteiger partial charge on any atom is 0.152 e. The van der Waals surface area contributed by atoms with E-state index in [1.807, 2.05) is 43.0 Å². The molecule has 0 radical (unpaired) electrons. The number of furan rings is 1. The number of nitrogens with one attached hydrogen (secondary N) is 1. The zero-order valence-electron chi connectivity index (χ0n) is 12.4. The number of hydrogen-bond donors (Lipinski definition) is 1. The molecule has 3 aromatic rings. The number of halogens is 1. The molecule has 0 saturated carbocycles. The lowest BCUT2D eigenvalue weighted by molar-refractivity contribution is 0.473. The van der Waals surface area contributed by atoms with Crippen molar-refractivity contribution in [3.8, 4) is 0 Å². The van der Waals surface area contributed by atoms with Gasteiger partial charge in [-0.2, -0.15) is 5.10 Å². The van der Waals surface area contributed by atoms with Gasteiger partial charge < -0.3 is 9.73 Å². The Balaban J connectivity index is 2.09. The molecule has 21 heavy (non-hydrogen) atoms. The van der Waals surface area contributed by atoms with Crippen LogP contribution in [0, 0.1) is 0 Å². The summed E-state index contributed by atoms with van der Waals surface area (Å²) in [7, 11) is 3.87. The van der Waals surface area contributed by atoms with Crippen LogP contribution in [0.4, 0.5) is 0 Å². The lowest BCUT2D eigenvalue weighted by Gasteiger charge is -2.13. The molecule has 0 fully saturated rings. The van der Waals surface area contributed by atoms with Gasteiger partial charge >= 0.3 is 0 Å². The molecule has 3 rings (SSSR count). The van der Waals surface area contributed by atoms with Crippen LogP contribution in [-0.4, -0.2) is 16.8 Å². The van der Waals surface area contributed by atoms with Crippen LogP contribution >= 0.6 is 11.6 Å². The van der Waals surface area contributed by atoms with Gasteiger partial charge in [0.05, 0.1) is 16.4 Å². The van der Waals surface area contributed by atoms with E-state index in [9.17, 15) is 0 Å². The number of aromatic nitrogens is 2. The second-order valence-corrected chi connectivity index (χ2v) is 5.47. The topological polar surface area (TPSA) is 43.0 Å². The highest BCUT2D eigenvalue weighted by molar-refractivity contribution is 6.34. The highest BCUT2D eigenvalue weighted by Gasteiger charge is 2.21. The number of hydrogen-bond acceptors (Lipinski definition) is 3. The van der Waals surface area contributed by atoms with Gasteiger partial charge in [0.1, 0.15) is 11.8 Å². The zero-order valence-corrected chi connectivity index (χ0v) is 13.1. The van der Waals surface area contributed by atoms with Crippen molar-refractivity contribution >= 4 is 22.6 Å². The number of benzene rings is 1. The van der Waals surface area contributed by atoms with Crippen LogP contribution < -0.4 is 5.32 Å². The van der Waals surface area contributed by atoms with E-state index in [1.54, 1.807) is 0 Å². The number of nitrogens with zero attached hydrogens (tertiary/aromatic N) is 2. The Labute approximate surface area is 128 Å². The highest BCUT2D eigenvalue weighted by atomic mass is 35.5. The monoisotopic (exact) mass is 303 g/mol. The van der Waals surface area contributed by atoms with Gasteiger partial charge in [-0.25, -0.2) is 0 Å². The Bertz CT molecular complexity index is 775. The van der Waals surface area contributed by atoms with Crippen LogP contribution in [0.1, 0.15) is 30.1 Å². The van der Waals surface area contributed by atoms with Gasteiger partial charge in [-0.3, -0.25) is 4.68 Å². The maximum atomic E-state index is 6.19. The molecule has 2 heterocycles. The molecular formula is C16H18ClN3O. The van der Waals surface area contributed by atoms with Gasteiger partial charge in [-0.15, -0.1) is 0 Å². The van der Waals surface area contributed by atoms with Gasteiger partial charge in [0.25, 0.3) is 0 Å². The molecule has 0 aliphatic rings. The van der Waals surface area contributed by atoms with Crippen LogP contribution in [0.2, 0.25) is 5.02 Å². The molecule has 1 atom stereocenters. The summed E-state index contributed by atoms with van der Waals surface area (Å²) in [5.74, 6) is 0.839. The first kappa shape index (κ1) is 14.2. The summed E-state index contributed by atoms with van der Waals surface area (Å²) in [5.41, 5.74) is 2.87. The summed E-state index contributed by atoms with van der Waals surface area (Å²) >= 11 is 6.19. The van der Waals surface area contributed by atoms with Crippen molar-refractivity contribution in [2.75, 3.05) is 7.05 Å². The molecule has 0 saturated heterocycles. The van der Waals surface area contributed by atoms with Crippen molar-refractivity contribution < 1.29 is 4.42 Å². The van der Waals surface area contributed by atoms with Crippen LogP contribution in [0.15, 0.2) is 34.7 Å². The van der Waals surface area contributed by atoms with E-state index in [0.717, 1.165) is 34.5 Å². The summed E-state index contributed by atoms with van der Waals surface area (Å²) in [5, 5.41) is 9.44. The first-order valence-corrected chi connectivity index (χ1v) is 7.40. The van der Waals surface area contributed by atoms with Crippen LogP contribution in [0.5, 0.6) is 0 Å². The third-order valence-corrected chi connectivity index (χ3v) is 4.01. The Morgan fingerprint density at radius 3 is 2.81 bits per heavy atom. The number of rotatable bonds is 4. The van der Waals surface area contributed by atoms with Crippen molar-refractivity contribution in [1.29, 1.82) is 0 Å². The molecule has 110 valence electrons. The normalized spacial score (nSPS) is 13.0. The van der Waals surface area contributed by atoms with Crippen LogP contribution in [-0.2, 0) is 13.5 Å². The first-order chi connectivity index (χ1) is 10.1. The second kappa shape index (κ2) is 5.54. The number of para-hydroxylation sites is 1. The predicted octanol–water partition coefficient (Wildman–Crippen LogP) is 3.69. The molecule has 0 aliphatic carbocycles. The minimum atomic E-state index is -0.0498. The van der Waals surface area contributed by atoms with Crippen molar-refractivity contribution in [3.05, 3.63) is 52.5 Å². The Hall–Kier alpha value is -1.78. The zero-order chi connectivity index (χ0) is 15.0. The Morgan fingerprint density at radius 2 is 2.19 bits per heavy atom. The third kappa shape index (κ3) is 2.45. The molecule has 1 unspecified atom stereocenters. The smallest absolute Gasteiger partial charge is 0.152 e. The summed E-state index contributed by atoms with van der Waals surface area (Å²) in [4.78, 5) is 0. The molecular weight excluding hydrogens is 286 g/mol. The second-order valence-electron chi connectivity index (χ2n) is 5.07. The SMILES string of the molecule is CCc1cc(C(NC)c2cc3cccc(Cl)c3o2)n(C)n1. The average molecular weight is 304 g/mol. The molecule has 1 N–H and O–H groups in total. The fourth-order valence-electron chi connectivity index (χ4n) is 2.61.